The molecule has 1 heterocycles. The van der Waals surface area contributed by atoms with Crippen LogP contribution in [0.2, 0.25) is 5.02 Å². The molecule has 0 unspecified atom stereocenters. The highest BCUT2D eigenvalue weighted by atomic mass is 35.5. The van der Waals surface area contributed by atoms with Crippen LogP contribution >= 0.6 is 11.6 Å². The van der Waals surface area contributed by atoms with Gasteiger partial charge in [-0.05, 0) is 35.9 Å². The van der Waals surface area contributed by atoms with Crippen LogP contribution in [0, 0.1) is 0 Å². The molecule has 0 aliphatic heterocycles. The van der Waals surface area contributed by atoms with Crippen molar-refractivity contribution < 1.29 is 18.8 Å². The summed E-state index contributed by atoms with van der Waals surface area (Å²) in [4.78, 5) is 16.0. The van der Waals surface area contributed by atoms with E-state index in [9.17, 15) is 4.79 Å². The van der Waals surface area contributed by atoms with Gasteiger partial charge in [-0.3, -0.25) is 0 Å². The number of hydrogen-bond acceptors (Lipinski definition) is 6. The molecule has 2 aromatic carbocycles. The van der Waals surface area contributed by atoms with E-state index in [1.54, 1.807) is 31.4 Å². The van der Waals surface area contributed by atoms with Crippen LogP contribution in [-0.4, -0.2) is 23.2 Å². The third-order valence-corrected chi connectivity index (χ3v) is 3.76. The fraction of sp³-hybridized carbons (Fsp3) is 0.105. The van der Waals surface area contributed by atoms with E-state index in [0.717, 1.165) is 5.56 Å². The second-order valence-electron chi connectivity index (χ2n) is 5.21. The van der Waals surface area contributed by atoms with Gasteiger partial charge in [-0.25, -0.2) is 4.79 Å². The highest BCUT2D eigenvalue weighted by Gasteiger charge is 2.12. The molecule has 0 spiro atoms. The van der Waals surface area contributed by atoms with Gasteiger partial charge in [0.2, 0.25) is 5.82 Å². The fourth-order valence-electron chi connectivity index (χ4n) is 2.16. The zero-order chi connectivity index (χ0) is 18.4. The second-order valence-corrected chi connectivity index (χ2v) is 5.62. The molecular formula is C19H15ClN2O4. The summed E-state index contributed by atoms with van der Waals surface area (Å²) in [5.41, 5.74) is 1.47. The number of benzene rings is 2. The molecule has 0 atom stereocenters. The molecule has 3 aromatic rings. The molecule has 3 rings (SSSR count). The first-order valence-corrected chi connectivity index (χ1v) is 8.10. The number of rotatable bonds is 6. The number of aromatic nitrogens is 2. The van der Waals surface area contributed by atoms with Crippen LogP contribution in [-0.2, 0) is 16.1 Å². The molecule has 0 aliphatic rings. The Morgan fingerprint density at radius 1 is 1.23 bits per heavy atom. The average molecular weight is 371 g/mol. The highest BCUT2D eigenvalue weighted by molar-refractivity contribution is 6.33. The molecule has 26 heavy (non-hydrogen) atoms. The Bertz CT molecular complexity index is 937. The first kappa shape index (κ1) is 17.7. The maximum absolute atomic E-state index is 11.8. The average Bonchev–Trinajstić information content (AvgIpc) is 3.14. The molecule has 6 nitrogen and oxygen atoms in total. The topological polar surface area (TPSA) is 74.5 Å². The molecule has 0 amide bonds. The van der Waals surface area contributed by atoms with Crippen LogP contribution in [0.5, 0.6) is 5.75 Å². The monoisotopic (exact) mass is 370 g/mol. The molecule has 7 heteroatoms. The van der Waals surface area contributed by atoms with Gasteiger partial charge in [0.15, 0.2) is 6.61 Å². The number of halogens is 1. The Morgan fingerprint density at radius 2 is 2.08 bits per heavy atom. The number of carbonyl (C=O) groups is 1. The maximum Gasteiger partial charge on any atom is 0.331 e. The zero-order valence-electron chi connectivity index (χ0n) is 13.9. The molecule has 0 saturated heterocycles. The Labute approximate surface area is 155 Å². The van der Waals surface area contributed by atoms with Crippen LogP contribution in [0.15, 0.2) is 59.1 Å². The summed E-state index contributed by atoms with van der Waals surface area (Å²) < 4.78 is 15.3. The number of nitrogens with zero attached hydrogens (tertiary/aromatic N) is 2. The van der Waals surface area contributed by atoms with E-state index in [2.05, 4.69) is 10.1 Å². The van der Waals surface area contributed by atoms with Gasteiger partial charge < -0.3 is 14.0 Å². The number of hydrogen-bond donors (Lipinski definition) is 0. The third kappa shape index (κ3) is 4.49. The van der Waals surface area contributed by atoms with Crippen molar-refractivity contribution in [3.63, 3.8) is 0 Å². The summed E-state index contributed by atoms with van der Waals surface area (Å²) in [6.45, 7) is -0.126. The van der Waals surface area contributed by atoms with Crippen molar-refractivity contribution in [2.45, 2.75) is 6.61 Å². The van der Waals surface area contributed by atoms with E-state index in [1.165, 1.54) is 6.08 Å². The Kier molecular flexibility index (Phi) is 5.66. The Morgan fingerprint density at radius 3 is 2.88 bits per heavy atom. The molecule has 0 saturated carbocycles. The van der Waals surface area contributed by atoms with Crippen molar-refractivity contribution in [1.82, 2.24) is 10.1 Å². The summed E-state index contributed by atoms with van der Waals surface area (Å²) in [5.74, 6) is 0.709. The summed E-state index contributed by atoms with van der Waals surface area (Å²) in [7, 11) is 1.58. The predicted octanol–water partition coefficient (Wildman–Crippen LogP) is 4.16. The van der Waals surface area contributed by atoms with Crippen molar-refractivity contribution in [2.24, 2.45) is 0 Å². The number of carbonyl (C=O) groups excluding carboxylic acids is 1. The van der Waals surface area contributed by atoms with E-state index >= 15 is 0 Å². The van der Waals surface area contributed by atoms with Gasteiger partial charge >= 0.3 is 5.97 Å². The quantitative estimate of drug-likeness (QED) is 0.479. The van der Waals surface area contributed by atoms with Crippen LogP contribution in [0.25, 0.3) is 17.5 Å². The van der Waals surface area contributed by atoms with Gasteiger partial charge in [-0.1, -0.05) is 41.0 Å². The van der Waals surface area contributed by atoms with Crippen molar-refractivity contribution in [3.8, 4) is 17.1 Å². The van der Waals surface area contributed by atoms with E-state index < -0.39 is 5.97 Å². The van der Waals surface area contributed by atoms with Gasteiger partial charge in [0.25, 0.3) is 5.89 Å². The molecule has 0 aliphatic carbocycles. The summed E-state index contributed by atoms with van der Waals surface area (Å²) in [6, 6.07) is 14.4. The molecule has 0 radical (unpaired) electrons. The normalized spacial score (nSPS) is 10.8. The number of methoxy groups -OCH3 is 1. The molecule has 0 N–H and O–H groups in total. The largest absolute Gasteiger partial charge is 0.497 e. The van der Waals surface area contributed by atoms with E-state index in [0.29, 0.717) is 22.2 Å². The first-order valence-electron chi connectivity index (χ1n) is 7.72. The van der Waals surface area contributed by atoms with Crippen LogP contribution in [0.1, 0.15) is 11.5 Å². The van der Waals surface area contributed by atoms with Gasteiger partial charge in [0.1, 0.15) is 5.75 Å². The molecular weight excluding hydrogens is 356 g/mol. The lowest BCUT2D eigenvalue weighted by Crippen LogP contribution is -2.01. The fourth-order valence-corrected chi connectivity index (χ4v) is 2.38. The van der Waals surface area contributed by atoms with Crippen molar-refractivity contribution in [2.75, 3.05) is 7.11 Å². The van der Waals surface area contributed by atoms with Crippen LogP contribution in [0.4, 0.5) is 0 Å². The summed E-state index contributed by atoms with van der Waals surface area (Å²) >= 11 is 6.09. The van der Waals surface area contributed by atoms with Gasteiger partial charge in [0, 0.05) is 11.6 Å². The third-order valence-electron chi connectivity index (χ3n) is 3.43. The zero-order valence-corrected chi connectivity index (χ0v) is 14.6. The van der Waals surface area contributed by atoms with Crippen molar-refractivity contribution in [3.05, 3.63) is 71.1 Å². The Balaban J connectivity index is 1.58. The standard InChI is InChI=1S/C19H15ClN2O4/c1-24-14-6-4-5-13(11-14)9-10-18(23)25-12-17-21-19(22-26-17)15-7-2-3-8-16(15)20/h2-11H,12H2,1H3/b10-9+. The lowest BCUT2D eigenvalue weighted by Gasteiger charge is -2.00. The Hall–Kier alpha value is -3.12. The maximum atomic E-state index is 11.8. The minimum atomic E-state index is -0.523. The van der Waals surface area contributed by atoms with Gasteiger partial charge in [-0.2, -0.15) is 4.98 Å². The molecule has 1 aromatic heterocycles. The lowest BCUT2D eigenvalue weighted by atomic mass is 10.2. The van der Waals surface area contributed by atoms with E-state index in [4.69, 9.17) is 25.6 Å². The van der Waals surface area contributed by atoms with Crippen molar-refractivity contribution in [1.29, 1.82) is 0 Å². The van der Waals surface area contributed by atoms with Gasteiger partial charge in [-0.15, -0.1) is 0 Å². The number of esters is 1. The summed E-state index contributed by atoms with van der Waals surface area (Å²) in [6.07, 6.45) is 2.95. The van der Waals surface area contributed by atoms with Gasteiger partial charge in [0.05, 0.1) is 12.1 Å². The second kappa shape index (κ2) is 8.31. The molecule has 132 valence electrons. The van der Waals surface area contributed by atoms with Crippen molar-refractivity contribution >= 4 is 23.6 Å². The predicted molar refractivity (Wildman–Crippen MR) is 96.6 cm³/mol. The summed E-state index contributed by atoms with van der Waals surface area (Å²) in [5, 5.41) is 4.36. The van der Waals surface area contributed by atoms with E-state index in [-0.39, 0.29) is 12.5 Å². The lowest BCUT2D eigenvalue weighted by molar-refractivity contribution is -0.139. The minimum Gasteiger partial charge on any atom is -0.497 e. The van der Waals surface area contributed by atoms with Crippen LogP contribution in [0.3, 0.4) is 0 Å². The SMILES string of the molecule is COc1cccc(/C=C/C(=O)OCc2nc(-c3ccccc3Cl)no2)c1. The molecule has 0 fully saturated rings. The first-order chi connectivity index (χ1) is 12.7. The minimum absolute atomic E-state index is 0.126. The molecule has 0 bridgehead atoms. The smallest absolute Gasteiger partial charge is 0.331 e. The van der Waals surface area contributed by atoms with E-state index in [1.807, 2.05) is 30.3 Å². The number of ether oxygens (including phenoxy) is 2. The highest BCUT2D eigenvalue weighted by Crippen LogP contribution is 2.24. The van der Waals surface area contributed by atoms with Crippen LogP contribution < -0.4 is 4.74 Å².